The molecule has 1 aliphatic rings. The van der Waals surface area contributed by atoms with Gasteiger partial charge in [0, 0.05) is 11.1 Å². The lowest BCUT2D eigenvalue weighted by Gasteiger charge is -2.40. The average molecular weight is 613 g/mol. The van der Waals surface area contributed by atoms with Gasteiger partial charge in [0.25, 0.3) is 0 Å². The molecule has 37 heavy (non-hydrogen) atoms. The summed E-state index contributed by atoms with van der Waals surface area (Å²) >= 11 is 3.30. The zero-order valence-corrected chi connectivity index (χ0v) is 24.8. The van der Waals surface area contributed by atoms with E-state index in [9.17, 15) is 17.8 Å². The minimum Gasteiger partial charge on any atom is -0.307 e. The van der Waals surface area contributed by atoms with Crippen LogP contribution in [-0.4, -0.2) is 27.4 Å². The van der Waals surface area contributed by atoms with Crippen molar-refractivity contribution in [3.05, 3.63) is 75.8 Å². The van der Waals surface area contributed by atoms with E-state index in [4.69, 9.17) is 9.05 Å². The van der Waals surface area contributed by atoms with E-state index < -0.39 is 22.9 Å². The minimum absolute atomic E-state index is 0.0000976. The van der Waals surface area contributed by atoms with Crippen molar-refractivity contribution in [3.63, 3.8) is 0 Å². The molecule has 0 fully saturated rings. The summed E-state index contributed by atoms with van der Waals surface area (Å²) in [6, 6.07) is 12.9. The first-order valence-corrected chi connectivity index (χ1v) is 16.4. The van der Waals surface area contributed by atoms with Crippen LogP contribution in [0.3, 0.4) is 0 Å². The van der Waals surface area contributed by atoms with Gasteiger partial charge in [0.2, 0.25) is 10.0 Å². The summed E-state index contributed by atoms with van der Waals surface area (Å²) in [4.78, 5) is 13.0. The van der Waals surface area contributed by atoms with E-state index in [0.29, 0.717) is 12.8 Å². The SMILES string of the molecule is CCCCCOP(=O)(OCCCCC)C1(NS(=O)(=O)c2ccc(C)cc2)C=C(Br)C(=O)c2ccccc21. The number of carbonyl (C=O) groups is 1. The molecule has 3 rings (SSSR count). The number of sulfonamides is 1. The second-order valence-electron chi connectivity index (χ2n) is 9.13. The van der Waals surface area contributed by atoms with Gasteiger partial charge in [-0.25, -0.2) is 8.42 Å². The first-order valence-electron chi connectivity index (χ1n) is 12.6. The highest BCUT2D eigenvalue weighted by atomic mass is 79.9. The fourth-order valence-electron chi connectivity index (χ4n) is 4.13. The van der Waals surface area contributed by atoms with Crippen LogP contribution in [0.15, 0.2) is 64.0 Å². The molecule has 2 aromatic carbocycles. The van der Waals surface area contributed by atoms with Crippen LogP contribution in [0.4, 0.5) is 0 Å². The molecule has 0 aromatic heterocycles. The minimum atomic E-state index is -4.28. The number of Topliss-reactive ketones (excluding diaryl/α,β-unsaturated/α-hetero) is 1. The summed E-state index contributed by atoms with van der Waals surface area (Å²) < 4.78 is 57.1. The molecule has 1 aliphatic carbocycles. The van der Waals surface area contributed by atoms with Crippen molar-refractivity contribution in [2.45, 2.75) is 69.5 Å². The summed E-state index contributed by atoms with van der Waals surface area (Å²) in [5.41, 5.74) is 1.35. The molecule has 0 bridgehead atoms. The molecule has 0 saturated heterocycles. The van der Waals surface area contributed by atoms with Crippen LogP contribution in [0, 0.1) is 6.92 Å². The Hall–Kier alpha value is -1.61. The number of hydrogen-bond acceptors (Lipinski definition) is 6. The van der Waals surface area contributed by atoms with Crippen LogP contribution < -0.4 is 4.72 Å². The van der Waals surface area contributed by atoms with Crippen molar-refractivity contribution >= 4 is 39.3 Å². The van der Waals surface area contributed by atoms with Gasteiger partial charge in [-0.3, -0.25) is 9.36 Å². The Labute approximate surface area is 228 Å². The molecular weight excluding hydrogens is 577 g/mol. The summed E-state index contributed by atoms with van der Waals surface area (Å²) in [6.07, 6.45) is 6.16. The van der Waals surface area contributed by atoms with Crippen LogP contribution in [-0.2, 0) is 28.9 Å². The Balaban J connectivity index is 2.21. The first-order chi connectivity index (χ1) is 17.6. The van der Waals surface area contributed by atoms with Crippen LogP contribution in [0.1, 0.15) is 73.9 Å². The van der Waals surface area contributed by atoms with Gasteiger partial charge in [-0.1, -0.05) is 81.5 Å². The summed E-state index contributed by atoms with van der Waals surface area (Å²) in [5, 5.41) is -1.96. The molecule has 0 heterocycles. The van der Waals surface area contributed by atoms with E-state index >= 15 is 0 Å². The monoisotopic (exact) mass is 611 g/mol. The van der Waals surface area contributed by atoms with Gasteiger partial charge in [0.1, 0.15) is 0 Å². The number of allylic oxidation sites excluding steroid dienone is 1. The van der Waals surface area contributed by atoms with Gasteiger partial charge in [0.05, 0.1) is 22.6 Å². The fourth-order valence-corrected chi connectivity index (χ4v) is 8.86. The molecule has 7 nitrogen and oxygen atoms in total. The molecular formula is C27H35BrNO6PS. The number of aryl methyl sites for hydroxylation is 1. The summed E-state index contributed by atoms with van der Waals surface area (Å²) in [6.45, 7) is 6.18. The summed E-state index contributed by atoms with van der Waals surface area (Å²) in [7, 11) is -8.51. The topological polar surface area (TPSA) is 98.8 Å². The second kappa shape index (κ2) is 13.0. The number of benzene rings is 2. The Bertz CT molecular complexity index is 1260. The zero-order valence-electron chi connectivity index (χ0n) is 21.5. The highest BCUT2D eigenvalue weighted by Gasteiger charge is 2.57. The van der Waals surface area contributed by atoms with Crippen molar-refractivity contribution in [1.29, 1.82) is 0 Å². The molecule has 1 N–H and O–H groups in total. The fraction of sp³-hybridized carbons (Fsp3) is 0.444. The number of carbonyl (C=O) groups excluding carboxylic acids is 1. The molecule has 0 amide bonds. The van der Waals surface area contributed by atoms with Crippen molar-refractivity contribution in [3.8, 4) is 0 Å². The van der Waals surface area contributed by atoms with E-state index in [1.54, 1.807) is 36.4 Å². The smallest absolute Gasteiger partial charge is 0.307 e. The molecule has 2 aromatic rings. The Morgan fingerprint density at radius 2 is 1.49 bits per heavy atom. The lowest BCUT2D eigenvalue weighted by molar-refractivity contribution is 0.103. The largest absolute Gasteiger partial charge is 0.360 e. The quantitative estimate of drug-likeness (QED) is 0.179. The molecule has 0 radical (unpaired) electrons. The molecule has 1 atom stereocenters. The molecule has 0 spiro atoms. The van der Waals surface area contributed by atoms with E-state index in [2.05, 4.69) is 20.7 Å². The van der Waals surface area contributed by atoms with Crippen LogP contribution in [0.2, 0.25) is 0 Å². The number of halogens is 1. The average Bonchev–Trinajstić information content (AvgIpc) is 2.88. The number of rotatable bonds is 14. The molecule has 0 aliphatic heterocycles. The third kappa shape index (κ3) is 6.70. The van der Waals surface area contributed by atoms with Gasteiger partial charge >= 0.3 is 7.60 Å². The number of ketones is 1. The zero-order chi connectivity index (χ0) is 27.1. The highest BCUT2D eigenvalue weighted by Crippen LogP contribution is 2.67. The van der Waals surface area contributed by atoms with Gasteiger partial charge in [-0.2, -0.15) is 4.72 Å². The summed E-state index contributed by atoms with van der Waals surface area (Å²) in [5.74, 6) is -0.343. The normalized spacial score (nSPS) is 17.9. The second-order valence-corrected chi connectivity index (χ2v) is 13.9. The maximum atomic E-state index is 14.8. The number of unbranched alkanes of at least 4 members (excludes halogenated alkanes) is 4. The lowest BCUT2D eigenvalue weighted by Crippen LogP contribution is -2.47. The standard InChI is InChI=1S/C27H35BrNO6PS/c1-4-6-10-18-34-36(31,35-19-11-7-5-2)27(29-37(32,33)22-16-14-21(3)15-17-22)20-25(28)26(30)23-12-8-9-13-24(23)27/h8-9,12-17,20,29H,4-7,10-11,18-19H2,1-3H3. The van der Waals surface area contributed by atoms with Crippen LogP contribution in [0.25, 0.3) is 0 Å². The number of nitrogens with one attached hydrogen (secondary N) is 1. The highest BCUT2D eigenvalue weighted by molar-refractivity contribution is 9.12. The molecule has 202 valence electrons. The Morgan fingerprint density at radius 1 is 0.919 bits per heavy atom. The van der Waals surface area contributed by atoms with Crippen LogP contribution in [0.5, 0.6) is 0 Å². The number of fused-ring (bicyclic) bond motifs is 1. The first kappa shape index (κ1) is 29.9. The van der Waals surface area contributed by atoms with Crippen molar-refractivity contribution in [2.75, 3.05) is 13.2 Å². The predicted octanol–water partition coefficient (Wildman–Crippen LogP) is 7.21. The molecule has 10 heteroatoms. The maximum absolute atomic E-state index is 14.8. The van der Waals surface area contributed by atoms with E-state index in [1.807, 2.05) is 20.8 Å². The maximum Gasteiger partial charge on any atom is 0.360 e. The van der Waals surface area contributed by atoms with Crippen molar-refractivity contribution in [1.82, 2.24) is 4.72 Å². The van der Waals surface area contributed by atoms with Gasteiger partial charge in [0.15, 0.2) is 11.1 Å². The molecule has 0 saturated carbocycles. The lowest BCUT2D eigenvalue weighted by atomic mass is 9.92. The van der Waals surface area contributed by atoms with Crippen LogP contribution >= 0.6 is 23.5 Å². The third-order valence-electron chi connectivity index (χ3n) is 6.21. The van der Waals surface area contributed by atoms with E-state index in [0.717, 1.165) is 31.2 Å². The number of hydrogen-bond donors (Lipinski definition) is 1. The molecule has 1 unspecified atom stereocenters. The Kier molecular flexibility index (Phi) is 10.5. The van der Waals surface area contributed by atoms with Gasteiger partial charge < -0.3 is 9.05 Å². The van der Waals surface area contributed by atoms with E-state index in [1.165, 1.54) is 18.2 Å². The van der Waals surface area contributed by atoms with E-state index in [-0.39, 0.29) is 39.5 Å². The van der Waals surface area contributed by atoms with Gasteiger partial charge in [-0.15, -0.1) is 0 Å². The predicted molar refractivity (Wildman–Crippen MR) is 150 cm³/mol. The third-order valence-corrected chi connectivity index (χ3v) is 10.8. The Morgan fingerprint density at radius 3 is 2.05 bits per heavy atom. The van der Waals surface area contributed by atoms with Crippen molar-refractivity contribution < 1.29 is 26.8 Å². The van der Waals surface area contributed by atoms with Crippen molar-refractivity contribution in [2.24, 2.45) is 0 Å². The van der Waals surface area contributed by atoms with Gasteiger partial charge in [-0.05, 0) is 53.9 Å².